The van der Waals surface area contributed by atoms with Gasteiger partial charge in [-0.05, 0) is 48.5 Å². The Morgan fingerprint density at radius 1 is 0.633 bits per heavy atom. The number of carbonyl (C=O) groups is 4. The Balaban J connectivity index is 1.95. The highest BCUT2D eigenvalue weighted by Gasteiger charge is 2.33. The zero-order valence-electron chi connectivity index (χ0n) is 15.9. The predicted molar refractivity (Wildman–Crippen MR) is 98.8 cm³/mol. The highest BCUT2D eigenvalue weighted by atomic mass is 16.6. The molecular weight excluding hydrogens is 400 g/mol. The monoisotopic (exact) mass is 418 g/mol. The first kappa shape index (κ1) is 22.5. The Bertz CT molecular complexity index is 840. The molecule has 2 aromatic carbocycles. The average molecular weight is 418 g/mol. The number of rotatable bonds is 7. The van der Waals surface area contributed by atoms with E-state index in [0.29, 0.717) is 0 Å². The summed E-state index contributed by atoms with van der Waals surface area (Å²) < 4.78 is 18.8. The second-order valence-corrected chi connectivity index (χ2v) is 5.76. The minimum absolute atomic E-state index is 0.0364. The number of aliphatic hydroxyl groups excluding tert-OH is 2. The molecule has 2 rings (SSSR count). The van der Waals surface area contributed by atoms with Crippen molar-refractivity contribution in [1.82, 2.24) is 0 Å². The number of aliphatic hydroxyl groups is 2. The predicted octanol–water partition coefficient (Wildman–Crippen LogP) is 0.493. The van der Waals surface area contributed by atoms with Crippen molar-refractivity contribution in [2.45, 2.75) is 12.2 Å². The summed E-state index contributed by atoms with van der Waals surface area (Å²) in [5.41, 5.74) is 0.416. The Hall–Kier alpha value is -3.76. The summed E-state index contributed by atoms with van der Waals surface area (Å²) in [6.45, 7) is 0. The Morgan fingerprint density at radius 2 is 0.933 bits per heavy atom. The molecule has 158 valence electrons. The van der Waals surface area contributed by atoms with E-state index in [9.17, 15) is 29.4 Å². The van der Waals surface area contributed by atoms with Gasteiger partial charge < -0.3 is 29.2 Å². The first-order chi connectivity index (χ1) is 14.3. The summed E-state index contributed by atoms with van der Waals surface area (Å²) in [6.07, 6.45) is -4.46. The third-order valence-corrected chi connectivity index (χ3v) is 3.77. The van der Waals surface area contributed by atoms with Crippen molar-refractivity contribution in [2.24, 2.45) is 0 Å². The molecule has 2 N–H and O–H groups in total. The topological polar surface area (TPSA) is 146 Å². The van der Waals surface area contributed by atoms with Gasteiger partial charge in [0.15, 0.2) is 12.2 Å². The minimum atomic E-state index is -2.23. The van der Waals surface area contributed by atoms with Crippen molar-refractivity contribution in [2.75, 3.05) is 14.2 Å². The molecule has 0 spiro atoms. The zero-order valence-corrected chi connectivity index (χ0v) is 15.9. The van der Waals surface area contributed by atoms with Crippen LogP contribution >= 0.6 is 0 Å². The Labute approximate surface area is 170 Å². The molecule has 0 heterocycles. The maximum Gasteiger partial charge on any atom is 0.343 e. The third-order valence-electron chi connectivity index (χ3n) is 3.77. The van der Waals surface area contributed by atoms with E-state index in [1.807, 2.05) is 0 Å². The van der Waals surface area contributed by atoms with Gasteiger partial charge in [-0.15, -0.1) is 0 Å². The molecule has 2 atom stereocenters. The number of hydrogen-bond donors (Lipinski definition) is 2. The molecule has 0 unspecified atom stereocenters. The summed E-state index contributed by atoms with van der Waals surface area (Å²) in [5, 5.41) is 19.7. The van der Waals surface area contributed by atoms with Crippen LogP contribution < -0.4 is 9.47 Å². The first-order valence-corrected chi connectivity index (χ1v) is 8.43. The molecular formula is C20H18O10. The van der Waals surface area contributed by atoms with Crippen LogP contribution in [0.1, 0.15) is 20.7 Å². The summed E-state index contributed by atoms with van der Waals surface area (Å²) in [7, 11) is 2.42. The molecule has 10 heteroatoms. The van der Waals surface area contributed by atoms with Crippen LogP contribution in [-0.2, 0) is 19.1 Å². The van der Waals surface area contributed by atoms with E-state index in [-0.39, 0.29) is 22.6 Å². The van der Waals surface area contributed by atoms with Gasteiger partial charge in [0.25, 0.3) is 0 Å². The van der Waals surface area contributed by atoms with E-state index in [0.717, 1.165) is 0 Å². The summed E-state index contributed by atoms with van der Waals surface area (Å²) in [6, 6.07) is 10.4. The SMILES string of the molecule is COC(=O)c1ccc(OC(=O)[C@H](O)[C@@H](O)C(=O)Oc2ccc(C(=O)OC)cc2)cc1. The zero-order chi connectivity index (χ0) is 22.3. The highest BCUT2D eigenvalue weighted by molar-refractivity contribution is 5.90. The quantitative estimate of drug-likeness (QED) is 0.481. The summed E-state index contributed by atoms with van der Waals surface area (Å²) in [5.74, 6) is -3.88. The Morgan fingerprint density at radius 3 is 1.20 bits per heavy atom. The number of esters is 4. The van der Waals surface area contributed by atoms with Crippen LogP contribution in [0.15, 0.2) is 48.5 Å². The van der Waals surface area contributed by atoms with Crippen molar-refractivity contribution < 1.29 is 48.3 Å². The number of carbonyl (C=O) groups excluding carboxylic acids is 4. The van der Waals surface area contributed by atoms with Crippen molar-refractivity contribution in [1.29, 1.82) is 0 Å². The van der Waals surface area contributed by atoms with Gasteiger partial charge in [-0.2, -0.15) is 0 Å². The minimum Gasteiger partial charge on any atom is -0.465 e. The maximum atomic E-state index is 12.0. The van der Waals surface area contributed by atoms with E-state index in [1.165, 1.54) is 62.8 Å². The lowest BCUT2D eigenvalue weighted by Gasteiger charge is -2.15. The lowest BCUT2D eigenvalue weighted by molar-refractivity contribution is -0.162. The van der Waals surface area contributed by atoms with E-state index in [1.54, 1.807) is 0 Å². The first-order valence-electron chi connectivity index (χ1n) is 8.43. The van der Waals surface area contributed by atoms with E-state index >= 15 is 0 Å². The van der Waals surface area contributed by atoms with E-state index < -0.39 is 36.1 Å². The van der Waals surface area contributed by atoms with Gasteiger partial charge in [-0.25, -0.2) is 19.2 Å². The molecule has 0 fully saturated rings. The molecule has 0 aliphatic carbocycles. The van der Waals surface area contributed by atoms with Gasteiger partial charge in [-0.1, -0.05) is 0 Å². The number of methoxy groups -OCH3 is 2. The fourth-order valence-corrected chi connectivity index (χ4v) is 2.16. The van der Waals surface area contributed by atoms with Crippen molar-refractivity contribution >= 4 is 23.9 Å². The molecule has 0 aliphatic rings. The molecule has 0 saturated carbocycles. The van der Waals surface area contributed by atoms with Crippen molar-refractivity contribution in [3.63, 3.8) is 0 Å². The van der Waals surface area contributed by atoms with Crippen LogP contribution in [0.2, 0.25) is 0 Å². The number of hydrogen-bond acceptors (Lipinski definition) is 10. The molecule has 2 aromatic rings. The van der Waals surface area contributed by atoms with Crippen LogP contribution in [0.5, 0.6) is 11.5 Å². The van der Waals surface area contributed by atoms with E-state index in [2.05, 4.69) is 9.47 Å². The van der Waals surface area contributed by atoms with Gasteiger partial charge in [0.05, 0.1) is 25.3 Å². The van der Waals surface area contributed by atoms with Gasteiger partial charge >= 0.3 is 23.9 Å². The number of benzene rings is 2. The standard InChI is InChI=1S/C20H18O10/c1-27-17(23)11-3-7-13(8-4-11)29-19(25)15(21)16(22)20(26)30-14-9-5-12(6-10-14)18(24)28-2/h3-10,15-16,21-22H,1-2H3/t15-,16-/m1/s1. The fraction of sp³-hybridized carbons (Fsp3) is 0.200. The molecule has 0 amide bonds. The van der Waals surface area contributed by atoms with E-state index in [4.69, 9.17) is 9.47 Å². The molecule has 0 saturated heterocycles. The summed E-state index contributed by atoms with van der Waals surface area (Å²) >= 11 is 0. The maximum absolute atomic E-state index is 12.0. The lowest BCUT2D eigenvalue weighted by atomic mass is 10.2. The normalized spacial score (nSPS) is 12.3. The van der Waals surface area contributed by atoms with Crippen LogP contribution in [0, 0.1) is 0 Å². The highest BCUT2D eigenvalue weighted by Crippen LogP contribution is 2.16. The van der Waals surface area contributed by atoms with Gasteiger partial charge in [-0.3, -0.25) is 0 Å². The molecule has 0 aliphatic heterocycles. The molecule has 0 radical (unpaired) electrons. The molecule has 10 nitrogen and oxygen atoms in total. The van der Waals surface area contributed by atoms with Gasteiger partial charge in [0.2, 0.25) is 0 Å². The second kappa shape index (κ2) is 10.1. The smallest absolute Gasteiger partial charge is 0.343 e. The van der Waals surface area contributed by atoms with Crippen molar-refractivity contribution in [3.8, 4) is 11.5 Å². The largest absolute Gasteiger partial charge is 0.465 e. The number of ether oxygens (including phenoxy) is 4. The molecule has 0 aromatic heterocycles. The Kier molecular flexibility index (Phi) is 7.62. The molecule has 0 bridgehead atoms. The van der Waals surface area contributed by atoms with Crippen LogP contribution in [-0.4, -0.2) is 60.5 Å². The third kappa shape index (κ3) is 5.63. The van der Waals surface area contributed by atoms with Crippen LogP contribution in [0.3, 0.4) is 0 Å². The second-order valence-electron chi connectivity index (χ2n) is 5.76. The average Bonchev–Trinajstić information content (AvgIpc) is 2.77. The summed E-state index contributed by atoms with van der Waals surface area (Å²) in [4.78, 5) is 46.6. The fourth-order valence-electron chi connectivity index (χ4n) is 2.16. The van der Waals surface area contributed by atoms with Crippen LogP contribution in [0.4, 0.5) is 0 Å². The molecule has 30 heavy (non-hydrogen) atoms. The van der Waals surface area contributed by atoms with Crippen molar-refractivity contribution in [3.05, 3.63) is 59.7 Å². The van der Waals surface area contributed by atoms with Crippen LogP contribution in [0.25, 0.3) is 0 Å². The van der Waals surface area contributed by atoms with Gasteiger partial charge in [0.1, 0.15) is 11.5 Å². The van der Waals surface area contributed by atoms with Gasteiger partial charge in [0, 0.05) is 0 Å². The lowest BCUT2D eigenvalue weighted by Crippen LogP contribution is -2.43.